The van der Waals surface area contributed by atoms with Gasteiger partial charge >= 0.3 is 0 Å². The third-order valence-corrected chi connectivity index (χ3v) is 4.39. The maximum atomic E-state index is 5.38. The number of hydrogen-bond acceptors (Lipinski definition) is 1. The summed E-state index contributed by atoms with van der Waals surface area (Å²) in [5, 5.41) is 0. The summed E-state index contributed by atoms with van der Waals surface area (Å²) in [5.41, 5.74) is 5.37. The fourth-order valence-electron chi connectivity index (χ4n) is 2.27. The lowest BCUT2D eigenvalue weighted by molar-refractivity contribution is 0.532. The Balaban J connectivity index is 2.33. The second kappa shape index (κ2) is 5.75. The largest absolute Gasteiger partial charge is 0.469 e. The zero-order chi connectivity index (χ0) is 13.1. The van der Waals surface area contributed by atoms with E-state index < -0.39 is 0 Å². The predicted octanol–water partition coefficient (Wildman–Crippen LogP) is 5.20. The summed E-state index contributed by atoms with van der Waals surface area (Å²) in [6.07, 6.45) is 4.01. The average Bonchev–Trinajstić information content (AvgIpc) is 2.83. The van der Waals surface area contributed by atoms with Crippen molar-refractivity contribution in [1.29, 1.82) is 0 Å². The quantitative estimate of drug-likeness (QED) is 0.708. The van der Waals surface area contributed by atoms with Gasteiger partial charge in [-0.2, -0.15) is 0 Å². The molecule has 1 atom stereocenters. The van der Waals surface area contributed by atoms with E-state index in [0.29, 0.717) is 0 Å². The minimum atomic E-state index is 0.214. The van der Waals surface area contributed by atoms with Gasteiger partial charge in [-0.05, 0) is 42.5 Å². The molecule has 0 bridgehead atoms. The van der Waals surface area contributed by atoms with Crippen LogP contribution in [0.15, 0.2) is 34.9 Å². The Morgan fingerprint density at radius 3 is 2.33 bits per heavy atom. The number of benzene rings is 1. The number of rotatable bonds is 4. The molecule has 0 fully saturated rings. The highest BCUT2D eigenvalue weighted by molar-refractivity contribution is 9.09. The first-order chi connectivity index (χ1) is 8.65. The molecular weight excluding hydrogens is 288 g/mol. The van der Waals surface area contributed by atoms with Crippen LogP contribution in [0.5, 0.6) is 0 Å². The lowest BCUT2D eigenvalue weighted by atomic mass is 9.97. The smallest absolute Gasteiger partial charge is 0.101 e. The van der Waals surface area contributed by atoms with Gasteiger partial charge in [-0.3, -0.25) is 0 Å². The number of aryl methyl sites for hydroxylation is 3. The van der Waals surface area contributed by atoms with Crippen molar-refractivity contribution in [3.05, 3.63) is 58.5 Å². The van der Waals surface area contributed by atoms with E-state index in [4.69, 9.17) is 4.42 Å². The van der Waals surface area contributed by atoms with Gasteiger partial charge in [0.25, 0.3) is 0 Å². The lowest BCUT2D eigenvalue weighted by Gasteiger charge is -2.12. The molecule has 1 unspecified atom stereocenters. The van der Waals surface area contributed by atoms with Gasteiger partial charge in [-0.25, -0.2) is 0 Å². The van der Waals surface area contributed by atoms with Crippen molar-refractivity contribution in [2.24, 2.45) is 0 Å². The van der Waals surface area contributed by atoms with Gasteiger partial charge in [0.05, 0.1) is 11.1 Å². The van der Waals surface area contributed by atoms with Crippen LogP contribution in [0.3, 0.4) is 0 Å². The van der Waals surface area contributed by atoms with E-state index in [1.54, 1.807) is 0 Å². The SMILES string of the molecule is CCc1ccc(C(Br)c2coc(C)c2)cc1CC. The van der Waals surface area contributed by atoms with E-state index in [1.807, 2.05) is 13.2 Å². The maximum absolute atomic E-state index is 5.38. The molecule has 0 saturated carbocycles. The average molecular weight is 307 g/mol. The van der Waals surface area contributed by atoms with Crippen molar-refractivity contribution in [3.63, 3.8) is 0 Å². The van der Waals surface area contributed by atoms with Crippen LogP contribution in [-0.2, 0) is 12.8 Å². The molecule has 18 heavy (non-hydrogen) atoms. The second-order valence-corrected chi connectivity index (χ2v) is 5.50. The van der Waals surface area contributed by atoms with Crippen molar-refractivity contribution in [2.75, 3.05) is 0 Å². The van der Waals surface area contributed by atoms with Gasteiger partial charge in [-0.15, -0.1) is 0 Å². The van der Waals surface area contributed by atoms with Gasteiger partial charge in [0, 0.05) is 5.56 Å². The molecule has 0 radical (unpaired) electrons. The van der Waals surface area contributed by atoms with Crippen molar-refractivity contribution < 1.29 is 4.42 Å². The van der Waals surface area contributed by atoms with Crippen LogP contribution in [0.4, 0.5) is 0 Å². The Morgan fingerprint density at radius 1 is 1.06 bits per heavy atom. The number of halogens is 1. The summed E-state index contributed by atoms with van der Waals surface area (Å²) >= 11 is 3.76. The van der Waals surface area contributed by atoms with Crippen LogP contribution < -0.4 is 0 Å². The molecule has 2 aromatic rings. The molecule has 2 heteroatoms. The first-order valence-electron chi connectivity index (χ1n) is 6.46. The zero-order valence-electron chi connectivity index (χ0n) is 11.2. The van der Waals surface area contributed by atoms with Gasteiger partial charge < -0.3 is 4.42 Å². The van der Waals surface area contributed by atoms with E-state index >= 15 is 0 Å². The normalized spacial score (nSPS) is 12.7. The molecule has 96 valence electrons. The Morgan fingerprint density at radius 2 is 1.78 bits per heavy atom. The Bertz CT molecular complexity index is 528. The molecule has 1 heterocycles. The van der Waals surface area contributed by atoms with Gasteiger partial charge in [0.2, 0.25) is 0 Å². The molecular formula is C16H19BrO. The predicted molar refractivity (Wildman–Crippen MR) is 79.4 cm³/mol. The van der Waals surface area contributed by atoms with Gasteiger partial charge in [0.1, 0.15) is 5.76 Å². The van der Waals surface area contributed by atoms with Crippen LogP contribution in [0, 0.1) is 6.92 Å². The summed E-state index contributed by atoms with van der Waals surface area (Å²) in [6, 6.07) is 8.84. The summed E-state index contributed by atoms with van der Waals surface area (Å²) in [6.45, 7) is 6.39. The Labute approximate surface area is 117 Å². The number of alkyl halides is 1. The molecule has 1 aromatic carbocycles. The van der Waals surface area contributed by atoms with Crippen molar-refractivity contribution >= 4 is 15.9 Å². The molecule has 2 rings (SSSR count). The molecule has 1 nitrogen and oxygen atoms in total. The molecule has 0 spiro atoms. The van der Waals surface area contributed by atoms with Crippen LogP contribution in [0.25, 0.3) is 0 Å². The lowest BCUT2D eigenvalue weighted by Crippen LogP contribution is -1.96. The highest BCUT2D eigenvalue weighted by Gasteiger charge is 2.13. The monoisotopic (exact) mass is 306 g/mol. The minimum Gasteiger partial charge on any atom is -0.469 e. The van der Waals surface area contributed by atoms with E-state index in [0.717, 1.165) is 18.6 Å². The third-order valence-electron chi connectivity index (χ3n) is 3.33. The van der Waals surface area contributed by atoms with Crippen molar-refractivity contribution in [1.82, 2.24) is 0 Å². The van der Waals surface area contributed by atoms with Gasteiger partial charge in [-0.1, -0.05) is 48.0 Å². The summed E-state index contributed by atoms with van der Waals surface area (Å²) in [5.74, 6) is 0.954. The summed E-state index contributed by atoms with van der Waals surface area (Å²) in [4.78, 5) is 0.214. The molecule has 1 aromatic heterocycles. The second-order valence-electron chi connectivity index (χ2n) is 4.59. The standard InChI is InChI=1S/C16H19BrO/c1-4-12-6-7-14(9-13(12)5-2)16(17)15-8-11(3)18-10-15/h6-10,16H,4-5H2,1-3H3. The first-order valence-corrected chi connectivity index (χ1v) is 7.38. The highest BCUT2D eigenvalue weighted by Crippen LogP contribution is 2.33. The molecule has 0 aliphatic heterocycles. The van der Waals surface area contributed by atoms with E-state index in [1.165, 1.54) is 22.3 Å². The molecule has 0 N–H and O–H groups in total. The van der Waals surface area contributed by atoms with Crippen LogP contribution in [0.2, 0.25) is 0 Å². The van der Waals surface area contributed by atoms with Crippen molar-refractivity contribution in [2.45, 2.75) is 38.4 Å². The topological polar surface area (TPSA) is 13.1 Å². The fourth-order valence-corrected chi connectivity index (χ4v) is 2.79. The van der Waals surface area contributed by atoms with Crippen LogP contribution >= 0.6 is 15.9 Å². The fraction of sp³-hybridized carbons (Fsp3) is 0.375. The molecule has 0 saturated heterocycles. The Hall–Kier alpha value is -1.02. The third kappa shape index (κ3) is 2.69. The summed E-state index contributed by atoms with van der Waals surface area (Å²) < 4.78 is 5.38. The molecule has 0 amide bonds. The first kappa shape index (κ1) is 13.4. The van der Waals surface area contributed by atoms with Crippen LogP contribution in [0.1, 0.15) is 46.7 Å². The molecule has 0 aliphatic rings. The maximum Gasteiger partial charge on any atom is 0.101 e. The Kier molecular flexibility index (Phi) is 4.28. The van der Waals surface area contributed by atoms with Gasteiger partial charge in [0.15, 0.2) is 0 Å². The summed E-state index contributed by atoms with van der Waals surface area (Å²) in [7, 11) is 0. The molecule has 0 aliphatic carbocycles. The number of hydrogen-bond donors (Lipinski definition) is 0. The van der Waals surface area contributed by atoms with E-state index in [9.17, 15) is 0 Å². The van der Waals surface area contributed by atoms with E-state index in [-0.39, 0.29) is 4.83 Å². The zero-order valence-corrected chi connectivity index (χ0v) is 12.8. The van der Waals surface area contributed by atoms with E-state index in [2.05, 4.69) is 54.0 Å². The van der Waals surface area contributed by atoms with Crippen LogP contribution in [-0.4, -0.2) is 0 Å². The minimum absolute atomic E-state index is 0.214. The van der Waals surface area contributed by atoms with Crippen molar-refractivity contribution in [3.8, 4) is 0 Å². The number of furan rings is 1. The highest BCUT2D eigenvalue weighted by atomic mass is 79.9.